The van der Waals surface area contributed by atoms with Crippen LogP contribution in [0.4, 0.5) is 0 Å². The quantitative estimate of drug-likeness (QED) is 0.552. The van der Waals surface area contributed by atoms with Crippen molar-refractivity contribution in [2.75, 3.05) is 6.61 Å². The van der Waals surface area contributed by atoms with E-state index in [-0.39, 0.29) is 12.5 Å². The molecular weight excluding hydrogens is 376 g/mol. The average molecular weight is 395 g/mol. The van der Waals surface area contributed by atoms with E-state index in [1.54, 1.807) is 17.6 Å². The number of halogens is 1. The summed E-state index contributed by atoms with van der Waals surface area (Å²) in [4.78, 5) is 12.8. The lowest BCUT2D eigenvalue weighted by atomic mass is 9.98. The minimum atomic E-state index is -0.282. The Morgan fingerprint density at radius 3 is 2.87 bits per heavy atom. The summed E-state index contributed by atoms with van der Waals surface area (Å²) in [5.41, 5.74) is 3.59. The van der Waals surface area contributed by atoms with Gasteiger partial charge in [0.15, 0.2) is 6.61 Å². The molecule has 1 aromatic heterocycles. The molecule has 1 heterocycles. The lowest BCUT2D eigenvalue weighted by Crippen LogP contribution is -2.24. The third kappa shape index (κ3) is 5.48. The van der Waals surface area contributed by atoms with Crippen LogP contribution in [0.5, 0.6) is 5.75 Å². The molecule has 1 amide bonds. The number of hydrazone groups is 1. The SMILES string of the molecule is CCC(C)c1ccccc1OCC(=O)NN=Cc1ccc(Br)s1. The monoisotopic (exact) mass is 394 g/mol. The fraction of sp³-hybridized carbons (Fsp3) is 0.294. The van der Waals surface area contributed by atoms with E-state index in [1.807, 2.05) is 36.4 Å². The summed E-state index contributed by atoms with van der Waals surface area (Å²) in [6.45, 7) is 4.22. The van der Waals surface area contributed by atoms with E-state index in [1.165, 1.54) is 0 Å². The van der Waals surface area contributed by atoms with Crippen LogP contribution in [0.15, 0.2) is 45.3 Å². The number of rotatable bonds is 7. The molecule has 0 aliphatic rings. The van der Waals surface area contributed by atoms with Crippen molar-refractivity contribution in [1.29, 1.82) is 0 Å². The second-order valence-electron chi connectivity index (χ2n) is 5.07. The maximum absolute atomic E-state index is 11.8. The predicted molar refractivity (Wildman–Crippen MR) is 98.4 cm³/mol. The summed E-state index contributed by atoms with van der Waals surface area (Å²) in [5.74, 6) is 0.864. The second-order valence-corrected chi connectivity index (χ2v) is 7.57. The first-order valence-corrected chi connectivity index (χ1v) is 9.00. The number of nitrogens with zero attached hydrogens (tertiary/aromatic N) is 1. The molecule has 4 nitrogen and oxygen atoms in total. The smallest absolute Gasteiger partial charge is 0.277 e. The van der Waals surface area contributed by atoms with Crippen LogP contribution in [0, 0.1) is 0 Å². The standard InChI is InChI=1S/C17H19BrN2O2S/c1-3-12(2)14-6-4-5-7-15(14)22-11-17(21)20-19-10-13-8-9-16(18)23-13/h4-10,12H,3,11H2,1-2H3,(H,20,21). The van der Waals surface area contributed by atoms with Crippen LogP contribution >= 0.6 is 27.3 Å². The van der Waals surface area contributed by atoms with Gasteiger partial charge in [0.05, 0.1) is 10.0 Å². The van der Waals surface area contributed by atoms with Gasteiger partial charge in [0.25, 0.3) is 5.91 Å². The summed E-state index contributed by atoms with van der Waals surface area (Å²) < 4.78 is 6.66. The Balaban J connectivity index is 1.86. The maximum atomic E-state index is 11.8. The number of carbonyl (C=O) groups excluding carboxylic acids is 1. The second kappa shape index (κ2) is 8.84. The molecule has 0 saturated carbocycles. The van der Waals surface area contributed by atoms with Crippen LogP contribution in [-0.2, 0) is 4.79 Å². The van der Waals surface area contributed by atoms with Crippen molar-refractivity contribution in [1.82, 2.24) is 5.43 Å². The summed E-state index contributed by atoms with van der Waals surface area (Å²) >= 11 is 4.92. The van der Waals surface area contributed by atoms with Crippen molar-refractivity contribution in [3.8, 4) is 5.75 Å². The minimum absolute atomic E-state index is 0.0566. The molecule has 0 spiro atoms. The Bertz CT molecular complexity index is 685. The van der Waals surface area contributed by atoms with E-state index in [9.17, 15) is 4.79 Å². The Morgan fingerprint density at radius 2 is 2.17 bits per heavy atom. The number of thiophene rings is 1. The fourth-order valence-electron chi connectivity index (χ4n) is 1.98. The normalized spacial score (nSPS) is 12.3. The zero-order valence-electron chi connectivity index (χ0n) is 13.1. The largest absolute Gasteiger partial charge is 0.483 e. The number of hydrogen-bond acceptors (Lipinski definition) is 4. The number of carbonyl (C=O) groups is 1. The molecule has 2 aromatic rings. The molecule has 1 unspecified atom stereocenters. The lowest BCUT2D eigenvalue weighted by Gasteiger charge is -2.15. The zero-order valence-corrected chi connectivity index (χ0v) is 15.5. The predicted octanol–water partition coefficient (Wildman–Crippen LogP) is 4.55. The summed E-state index contributed by atoms with van der Waals surface area (Å²) in [7, 11) is 0. The van der Waals surface area contributed by atoms with Crippen LogP contribution in [0.2, 0.25) is 0 Å². The van der Waals surface area contributed by atoms with Crippen LogP contribution in [0.25, 0.3) is 0 Å². The number of hydrogen-bond donors (Lipinski definition) is 1. The Morgan fingerprint density at radius 1 is 1.39 bits per heavy atom. The molecule has 2 rings (SSSR count). The van der Waals surface area contributed by atoms with Crippen LogP contribution in [-0.4, -0.2) is 18.7 Å². The molecule has 1 atom stereocenters. The van der Waals surface area contributed by atoms with Gasteiger partial charge in [-0.2, -0.15) is 5.10 Å². The van der Waals surface area contributed by atoms with Crippen molar-refractivity contribution in [2.45, 2.75) is 26.2 Å². The van der Waals surface area contributed by atoms with E-state index in [2.05, 4.69) is 40.3 Å². The molecule has 0 saturated heterocycles. The van der Waals surface area contributed by atoms with Gasteiger partial charge in [0.2, 0.25) is 0 Å². The molecule has 0 bridgehead atoms. The van der Waals surface area contributed by atoms with Gasteiger partial charge in [-0.3, -0.25) is 4.79 Å². The van der Waals surface area contributed by atoms with Crippen molar-refractivity contribution >= 4 is 39.4 Å². The number of benzene rings is 1. The van der Waals surface area contributed by atoms with Crippen molar-refractivity contribution < 1.29 is 9.53 Å². The highest BCUT2D eigenvalue weighted by molar-refractivity contribution is 9.11. The zero-order chi connectivity index (χ0) is 16.7. The first kappa shape index (κ1) is 17.7. The van der Waals surface area contributed by atoms with Gasteiger partial charge in [0, 0.05) is 4.88 Å². The Kier molecular flexibility index (Phi) is 6.80. The Hall–Kier alpha value is -1.66. The molecule has 0 aliphatic heterocycles. The van der Waals surface area contributed by atoms with Gasteiger partial charge in [0.1, 0.15) is 5.75 Å². The van der Waals surface area contributed by atoms with E-state index in [4.69, 9.17) is 4.74 Å². The van der Waals surface area contributed by atoms with Crippen LogP contribution < -0.4 is 10.2 Å². The maximum Gasteiger partial charge on any atom is 0.277 e. The molecule has 0 aliphatic carbocycles. The van der Waals surface area contributed by atoms with Gasteiger partial charge < -0.3 is 4.74 Å². The number of para-hydroxylation sites is 1. The number of amides is 1. The highest BCUT2D eigenvalue weighted by atomic mass is 79.9. The molecule has 0 radical (unpaired) electrons. The van der Waals surface area contributed by atoms with Gasteiger partial charge >= 0.3 is 0 Å². The van der Waals surface area contributed by atoms with Crippen molar-refractivity contribution in [3.05, 3.63) is 50.6 Å². The van der Waals surface area contributed by atoms with E-state index in [0.717, 1.165) is 26.4 Å². The number of nitrogens with one attached hydrogen (secondary N) is 1. The van der Waals surface area contributed by atoms with Crippen LogP contribution in [0.3, 0.4) is 0 Å². The lowest BCUT2D eigenvalue weighted by molar-refractivity contribution is -0.123. The van der Waals surface area contributed by atoms with Gasteiger partial charge in [-0.1, -0.05) is 32.0 Å². The van der Waals surface area contributed by atoms with Gasteiger partial charge in [-0.25, -0.2) is 5.43 Å². The molecular formula is C17H19BrN2O2S. The third-order valence-corrected chi connectivity index (χ3v) is 4.95. The van der Waals surface area contributed by atoms with E-state index >= 15 is 0 Å². The Labute approximate surface area is 148 Å². The summed E-state index contributed by atoms with van der Waals surface area (Å²) in [5, 5.41) is 3.93. The molecule has 6 heteroatoms. The molecule has 122 valence electrons. The van der Waals surface area contributed by atoms with Crippen molar-refractivity contribution in [2.24, 2.45) is 5.10 Å². The first-order valence-electron chi connectivity index (χ1n) is 7.39. The highest BCUT2D eigenvalue weighted by Crippen LogP contribution is 2.28. The fourth-order valence-corrected chi connectivity index (χ4v) is 3.28. The number of ether oxygens (including phenoxy) is 1. The first-order chi connectivity index (χ1) is 11.1. The average Bonchev–Trinajstić information content (AvgIpc) is 2.98. The highest BCUT2D eigenvalue weighted by Gasteiger charge is 2.10. The molecule has 23 heavy (non-hydrogen) atoms. The van der Waals surface area contributed by atoms with Crippen molar-refractivity contribution in [3.63, 3.8) is 0 Å². The van der Waals surface area contributed by atoms with E-state index < -0.39 is 0 Å². The minimum Gasteiger partial charge on any atom is -0.483 e. The van der Waals surface area contributed by atoms with Gasteiger partial charge in [-0.05, 0) is 52.0 Å². The topological polar surface area (TPSA) is 50.7 Å². The summed E-state index contributed by atoms with van der Waals surface area (Å²) in [6.07, 6.45) is 2.63. The molecule has 1 N–H and O–H groups in total. The molecule has 1 aromatic carbocycles. The molecule has 0 fully saturated rings. The van der Waals surface area contributed by atoms with E-state index in [0.29, 0.717) is 5.92 Å². The summed E-state index contributed by atoms with van der Waals surface area (Å²) in [6, 6.07) is 11.7. The van der Waals surface area contributed by atoms with Crippen LogP contribution in [0.1, 0.15) is 36.6 Å². The third-order valence-electron chi connectivity index (χ3n) is 3.40. The van der Waals surface area contributed by atoms with Gasteiger partial charge in [-0.15, -0.1) is 11.3 Å².